The molecule has 1 atom stereocenters. The van der Waals surface area contributed by atoms with Crippen LogP contribution in [-0.4, -0.2) is 5.91 Å². The first-order valence-electron chi connectivity index (χ1n) is 4.51. The normalized spacial score (nSPS) is 20.9. The molecule has 1 aliphatic heterocycles. The van der Waals surface area contributed by atoms with E-state index in [-0.39, 0.29) is 11.9 Å². The SMILES string of the molecule is Nc1cc([C@@H]2CCC(=O)N2)ccc1Cl. The van der Waals surface area contributed by atoms with Gasteiger partial charge in [-0.15, -0.1) is 0 Å². The van der Waals surface area contributed by atoms with E-state index in [1.165, 1.54) is 0 Å². The first kappa shape index (κ1) is 9.34. The van der Waals surface area contributed by atoms with Crippen LogP contribution < -0.4 is 11.1 Å². The first-order valence-corrected chi connectivity index (χ1v) is 4.89. The van der Waals surface area contributed by atoms with Crippen LogP contribution in [0.15, 0.2) is 18.2 Å². The number of hydrogen-bond acceptors (Lipinski definition) is 2. The van der Waals surface area contributed by atoms with E-state index in [1.807, 2.05) is 12.1 Å². The molecule has 0 saturated carbocycles. The third-order valence-corrected chi connectivity index (χ3v) is 2.76. The summed E-state index contributed by atoms with van der Waals surface area (Å²) in [7, 11) is 0. The Labute approximate surface area is 87.2 Å². The molecule has 0 bridgehead atoms. The van der Waals surface area contributed by atoms with Gasteiger partial charge in [0.2, 0.25) is 5.91 Å². The molecule has 0 spiro atoms. The molecule has 0 unspecified atom stereocenters. The van der Waals surface area contributed by atoms with E-state index in [4.69, 9.17) is 17.3 Å². The van der Waals surface area contributed by atoms with Crippen LogP contribution in [0, 0.1) is 0 Å². The maximum Gasteiger partial charge on any atom is 0.220 e. The molecule has 1 amide bonds. The number of hydrogen-bond donors (Lipinski definition) is 2. The lowest BCUT2D eigenvalue weighted by Crippen LogP contribution is -2.18. The van der Waals surface area contributed by atoms with E-state index in [0.29, 0.717) is 17.1 Å². The molecule has 3 nitrogen and oxygen atoms in total. The number of anilines is 1. The molecule has 0 radical (unpaired) electrons. The molecule has 3 N–H and O–H groups in total. The molecule has 14 heavy (non-hydrogen) atoms. The largest absolute Gasteiger partial charge is 0.398 e. The molecule has 2 rings (SSSR count). The Balaban J connectivity index is 2.24. The number of nitrogens with one attached hydrogen (secondary N) is 1. The van der Waals surface area contributed by atoms with Gasteiger partial charge in [0, 0.05) is 6.42 Å². The van der Waals surface area contributed by atoms with Crippen LogP contribution in [0.2, 0.25) is 5.02 Å². The van der Waals surface area contributed by atoms with Gasteiger partial charge in [0.05, 0.1) is 16.8 Å². The maximum atomic E-state index is 11.0. The second-order valence-electron chi connectivity index (χ2n) is 3.44. The van der Waals surface area contributed by atoms with Gasteiger partial charge in [0.15, 0.2) is 0 Å². The Morgan fingerprint density at radius 1 is 1.50 bits per heavy atom. The summed E-state index contributed by atoms with van der Waals surface area (Å²) in [5.74, 6) is 0.100. The van der Waals surface area contributed by atoms with Crippen LogP contribution >= 0.6 is 11.6 Å². The molecule has 1 fully saturated rings. The summed E-state index contributed by atoms with van der Waals surface area (Å²) in [5.41, 5.74) is 7.26. The molecule has 1 saturated heterocycles. The van der Waals surface area contributed by atoms with E-state index in [1.54, 1.807) is 6.07 Å². The average Bonchev–Trinajstić information content (AvgIpc) is 2.57. The van der Waals surface area contributed by atoms with Crippen LogP contribution in [0.3, 0.4) is 0 Å². The van der Waals surface area contributed by atoms with Crippen molar-refractivity contribution in [2.24, 2.45) is 0 Å². The number of rotatable bonds is 1. The van der Waals surface area contributed by atoms with E-state index in [0.717, 1.165) is 12.0 Å². The third kappa shape index (κ3) is 1.68. The van der Waals surface area contributed by atoms with E-state index < -0.39 is 0 Å². The topological polar surface area (TPSA) is 55.1 Å². The number of halogens is 1. The molecule has 1 heterocycles. The highest BCUT2D eigenvalue weighted by Gasteiger charge is 2.22. The monoisotopic (exact) mass is 210 g/mol. The molecular weight excluding hydrogens is 200 g/mol. The Kier molecular flexibility index (Phi) is 2.33. The smallest absolute Gasteiger partial charge is 0.220 e. The zero-order valence-electron chi connectivity index (χ0n) is 7.59. The highest BCUT2D eigenvalue weighted by atomic mass is 35.5. The zero-order chi connectivity index (χ0) is 10.1. The number of nitrogen functional groups attached to an aromatic ring is 1. The van der Waals surface area contributed by atoms with Gasteiger partial charge in [-0.05, 0) is 24.1 Å². The fourth-order valence-electron chi connectivity index (χ4n) is 1.64. The number of carbonyl (C=O) groups excluding carboxylic acids is 1. The Bertz CT molecular complexity index is 378. The zero-order valence-corrected chi connectivity index (χ0v) is 8.34. The van der Waals surface area contributed by atoms with Gasteiger partial charge in [0.25, 0.3) is 0 Å². The second-order valence-corrected chi connectivity index (χ2v) is 3.85. The maximum absolute atomic E-state index is 11.0. The van der Waals surface area contributed by atoms with Crippen molar-refractivity contribution in [1.82, 2.24) is 5.32 Å². The summed E-state index contributed by atoms with van der Waals surface area (Å²) in [6.45, 7) is 0. The van der Waals surface area contributed by atoms with Gasteiger partial charge >= 0.3 is 0 Å². The van der Waals surface area contributed by atoms with Gasteiger partial charge in [-0.3, -0.25) is 4.79 Å². The van der Waals surface area contributed by atoms with Crippen molar-refractivity contribution in [1.29, 1.82) is 0 Å². The van der Waals surface area contributed by atoms with Crippen molar-refractivity contribution in [2.45, 2.75) is 18.9 Å². The molecule has 74 valence electrons. The van der Waals surface area contributed by atoms with E-state index in [9.17, 15) is 4.79 Å². The van der Waals surface area contributed by atoms with Crippen molar-refractivity contribution < 1.29 is 4.79 Å². The molecule has 1 aliphatic rings. The summed E-state index contributed by atoms with van der Waals surface area (Å²) < 4.78 is 0. The van der Waals surface area contributed by atoms with Crippen molar-refractivity contribution in [2.75, 3.05) is 5.73 Å². The van der Waals surface area contributed by atoms with Gasteiger partial charge in [-0.2, -0.15) is 0 Å². The third-order valence-electron chi connectivity index (χ3n) is 2.42. The lowest BCUT2D eigenvalue weighted by atomic mass is 10.1. The van der Waals surface area contributed by atoms with Crippen LogP contribution in [0.1, 0.15) is 24.4 Å². The van der Waals surface area contributed by atoms with Crippen LogP contribution in [0.4, 0.5) is 5.69 Å². The van der Waals surface area contributed by atoms with E-state index in [2.05, 4.69) is 5.32 Å². The van der Waals surface area contributed by atoms with Gasteiger partial charge < -0.3 is 11.1 Å². The van der Waals surface area contributed by atoms with Gasteiger partial charge in [-0.1, -0.05) is 17.7 Å². The van der Waals surface area contributed by atoms with Crippen LogP contribution in [0.25, 0.3) is 0 Å². The van der Waals surface area contributed by atoms with Crippen molar-refractivity contribution in [3.63, 3.8) is 0 Å². The predicted octanol–water partition coefficient (Wildman–Crippen LogP) is 1.87. The lowest BCUT2D eigenvalue weighted by molar-refractivity contribution is -0.119. The summed E-state index contributed by atoms with van der Waals surface area (Å²) in [6, 6.07) is 5.58. The van der Waals surface area contributed by atoms with Crippen molar-refractivity contribution >= 4 is 23.2 Å². The van der Waals surface area contributed by atoms with Crippen LogP contribution in [0.5, 0.6) is 0 Å². The van der Waals surface area contributed by atoms with Crippen molar-refractivity contribution in [3.05, 3.63) is 28.8 Å². The van der Waals surface area contributed by atoms with Crippen LogP contribution in [-0.2, 0) is 4.79 Å². The number of amides is 1. The average molecular weight is 211 g/mol. The predicted molar refractivity (Wildman–Crippen MR) is 56.0 cm³/mol. The van der Waals surface area contributed by atoms with Gasteiger partial charge in [-0.25, -0.2) is 0 Å². The number of nitrogens with two attached hydrogens (primary N) is 1. The quantitative estimate of drug-likeness (QED) is 0.696. The summed E-state index contributed by atoms with van der Waals surface area (Å²) in [4.78, 5) is 11.0. The second kappa shape index (κ2) is 3.50. The Morgan fingerprint density at radius 2 is 2.29 bits per heavy atom. The fourth-order valence-corrected chi connectivity index (χ4v) is 1.76. The van der Waals surface area contributed by atoms with E-state index >= 15 is 0 Å². The minimum Gasteiger partial charge on any atom is -0.398 e. The molecule has 4 heteroatoms. The molecule has 1 aromatic rings. The first-order chi connectivity index (χ1) is 6.66. The number of carbonyl (C=O) groups is 1. The lowest BCUT2D eigenvalue weighted by Gasteiger charge is -2.11. The summed E-state index contributed by atoms with van der Waals surface area (Å²) in [5, 5.41) is 3.43. The van der Waals surface area contributed by atoms with Crippen molar-refractivity contribution in [3.8, 4) is 0 Å². The summed E-state index contributed by atoms with van der Waals surface area (Å²) in [6.07, 6.45) is 1.42. The molecule has 0 aromatic heterocycles. The number of benzene rings is 1. The minimum absolute atomic E-state index is 0.0991. The molecule has 1 aromatic carbocycles. The molecular formula is C10H11ClN2O. The highest BCUT2D eigenvalue weighted by molar-refractivity contribution is 6.33. The summed E-state index contributed by atoms with van der Waals surface area (Å²) >= 11 is 5.80. The Morgan fingerprint density at radius 3 is 2.86 bits per heavy atom. The standard InChI is InChI=1S/C10H11ClN2O/c11-7-2-1-6(5-8(7)12)9-3-4-10(14)13-9/h1-2,5,9H,3-4,12H2,(H,13,14)/t9-/m0/s1. The van der Waals surface area contributed by atoms with Gasteiger partial charge in [0.1, 0.15) is 0 Å². The highest BCUT2D eigenvalue weighted by Crippen LogP contribution is 2.28. The fraction of sp³-hybridized carbons (Fsp3) is 0.300. The molecule has 0 aliphatic carbocycles. The minimum atomic E-state index is 0.0991. The Hall–Kier alpha value is -1.22.